The molecule has 0 atom stereocenters. The van der Waals surface area contributed by atoms with Gasteiger partial charge >= 0.3 is 0 Å². The molecule has 0 radical (unpaired) electrons. The van der Waals surface area contributed by atoms with Gasteiger partial charge < -0.3 is 10.6 Å². The molecule has 1 amide bonds. The minimum absolute atomic E-state index is 0.249. The van der Waals surface area contributed by atoms with Crippen LogP contribution in [-0.2, 0) is 0 Å². The average Bonchev–Trinajstić information content (AvgIpc) is 2.56. The Kier molecular flexibility index (Phi) is 4.70. The molecule has 0 bridgehead atoms. The molecule has 2 aromatic carbocycles. The number of rotatable bonds is 4. The number of anilines is 3. The Labute approximate surface area is 145 Å². The number of hydrogen-bond donors (Lipinski definition) is 2. The van der Waals surface area contributed by atoms with Crippen LogP contribution in [0.4, 0.5) is 21.6 Å². The summed E-state index contributed by atoms with van der Waals surface area (Å²) >= 11 is 0. The van der Waals surface area contributed by atoms with E-state index < -0.39 is 0 Å². The molecule has 126 valence electrons. The van der Waals surface area contributed by atoms with E-state index in [2.05, 4.69) is 20.6 Å². The minimum atomic E-state index is -0.321. The third kappa shape index (κ3) is 4.38. The van der Waals surface area contributed by atoms with E-state index >= 15 is 0 Å². The Morgan fingerprint density at radius 2 is 1.72 bits per heavy atom. The minimum Gasteiger partial charge on any atom is -0.340 e. The molecule has 5 nitrogen and oxygen atoms in total. The molecule has 1 aromatic heterocycles. The Morgan fingerprint density at radius 1 is 0.960 bits per heavy atom. The fraction of sp³-hybridized carbons (Fsp3) is 0.105. The Bertz CT molecular complexity index is 910. The third-order valence-corrected chi connectivity index (χ3v) is 3.46. The molecule has 1 heterocycles. The fourth-order valence-corrected chi connectivity index (χ4v) is 2.35. The lowest BCUT2D eigenvalue weighted by molar-refractivity contribution is 0.102. The van der Waals surface area contributed by atoms with Gasteiger partial charge in [0, 0.05) is 17.4 Å². The maximum absolute atomic E-state index is 13.0. The van der Waals surface area contributed by atoms with E-state index in [-0.39, 0.29) is 17.4 Å². The van der Waals surface area contributed by atoms with Crippen LogP contribution in [0, 0.1) is 19.7 Å². The van der Waals surface area contributed by atoms with Crippen molar-refractivity contribution in [1.82, 2.24) is 9.97 Å². The Balaban J connectivity index is 1.80. The molecule has 0 unspecified atom stereocenters. The number of carbonyl (C=O) groups excluding carboxylic acids is 1. The normalized spacial score (nSPS) is 10.4. The summed E-state index contributed by atoms with van der Waals surface area (Å²) in [6, 6.07) is 15.0. The van der Waals surface area contributed by atoms with Crippen LogP contribution in [0.2, 0.25) is 0 Å². The standard InChI is InChI=1S/C19H17FN4O/c1-12-4-3-5-16(10-12)24-19(25)17-11-18(22-13(2)21-17)23-15-8-6-14(20)7-9-15/h3-11H,1-2H3,(H,24,25)(H,21,22,23). The van der Waals surface area contributed by atoms with Crippen LogP contribution >= 0.6 is 0 Å². The molecule has 2 N–H and O–H groups in total. The van der Waals surface area contributed by atoms with Crippen molar-refractivity contribution < 1.29 is 9.18 Å². The maximum atomic E-state index is 13.0. The van der Waals surface area contributed by atoms with Crippen molar-refractivity contribution in [2.24, 2.45) is 0 Å². The van der Waals surface area contributed by atoms with E-state index in [1.165, 1.54) is 12.1 Å². The lowest BCUT2D eigenvalue weighted by Gasteiger charge is -2.09. The van der Waals surface area contributed by atoms with E-state index in [1.807, 2.05) is 31.2 Å². The zero-order valence-corrected chi connectivity index (χ0v) is 13.9. The summed E-state index contributed by atoms with van der Waals surface area (Å²) in [6.07, 6.45) is 0. The van der Waals surface area contributed by atoms with Crippen molar-refractivity contribution in [3.63, 3.8) is 0 Å². The number of aromatic nitrogens is 2. The van der Waals surface area contributed by atoms with Gasteiger partial charge in [0.05, 0.1) is 0 Å². The second-order valence-electron chi connectivity index (χ2n) is 5.64. The van der Waals surface area contributed by atoms with Crippen LogP contribution in [-0.4, -0.2) is 15.9 Å². The molecule has 0 fully saturated rings. The number of halogens is 1. The first-order valence-electron chi connectivity index (χ1n) is 7.76. The number of carbonyl (C=O) groups is 1. The number of aryl methyl sites for hydroxylation is 2. The number of amides is 1. The Hall–Kier alpha value is -3.28. The lowest BCUT2D eigenvalue weighted by atomic mass is 10.2. The third-order valence-electron chi connectivity index (χ3n) is 3.46. The molecule has 0 aliphatic rings. The fourth-order valence-electron chi connectivity index (χ4n) is 2.35. The van der Waals surface area contributed by atoms with Gasteiger partial charge in [0.15, 0.2) is 0 Å². The van der Waals surface area contributed by atoms with Crippen LogP contribution in [0.1, 0.15) is 21.9 Å². The first kappa shape index (κ1) is 16.6. The zero-order chi connectivity index (χ0) is 17.8. The smallest absolute Gasteiger partial charge is 0.274 e. The van der Waals surface area contributed by atoms with Gasteiger partial charge in [-0.3, -0.25) is 4.79 Å². The number of nitrogens with zero attached hydrogens (tertiary/aromatic N) is 2. The topological polar surface area (TPSA) is 66.9 Å². The summed E-state index contributed by atoms with van der Waals surface area (Å²) in [5.74, 6) is 0.288. The van der Waals surface area contributed by atoms with Crippen molar-refractivity contribution in [2.75, 3.05) is 10.6 Å². The summed E-state index contributed by atoms with van der Waals surface area (Å²) in [5, 5.41) is 5.86. The van der Waals surface area contributed by atoms with Gasteiger partial charge in [-0.1, -0.05) is 12.1 Å². The highest BCUT2D eigenvalue weighted by Crippen LogP contribution is 2.17. The first-order valence-corrected chi connectivity index (χ1v) is 7.76. The molecule has 6 heteroatoms. The quantitative estimate of drug-likeness (QED) is 0.748. The predicted molar refractivity (Wildman–Crippen MR) is 95.6 cm³/mol. The predicted octanol–water partition coefficient (Wildman–Crippen LogP) is 4.23. The average molecular weight is 336 g/mol. The molecule has 0 aliphatic heterocycles. The van der Waals surface area contributed by atoms with Gasteiger partial charge in [-0.25, -0.2) is 14.4 Å². The van der Waals surface area contributed by atoms with Gasteiger partial charge in [0.1, 0.15) is 23.2 Å². The van der Waals surface area contributed by atoms with Gasteiger partial charge in [-0.15, -0.1) is 0 Å². The molecule has 25 heavy (non-hydrogen) atoms. The molecule has 0 spiro atoms. The van der Waals surface area contributed by atoms with Crippen molar-refractivity contribution in [3.8, 4) is 0 Å². The van der Waals surface area contributed by atoms with E-state index in [0.717, 1.165) is 5.56 Å². The van der Waals surface area contributed by atoms with Gasteiger partial charge in [-0.05, 0) is 55.8 Å². The summed E-state index contributed by atoms with van der Waals surface area (Å²) in [5.41, 5.74) is 2.67. The SMILES string of the molecule is Cc1cccc(NC(=O)c2cc(Nc3ccc(F)cc3)nc(C)n2)c1. The van der Waals surface area contributed by atoms with Crippen LogP contribution < -0.4 is 10.6 Å². The van der Waals surface area contributed by atoms with E-state index in [0.29, 0.717) is 23.0 Å². The van der Waals surface area contributed by atoms with Gasteiger partial charge in [0.25, 0.3) is 5.91 Å². The van der Waals surface area contributed by atoms with Crippen LogP contribution in [0.5, 0.6) is 0 Å². The molecule has 0 saturated heterocycles. The lowest BCUT2D eigenvalue weighted by Crippen LogP contribution is -2.15. The second kappa shape index (κ2) is 7.09. The maximum Gasteiger partial charge on any atom is 0.274 e. The van der Waals surface area contributed by atoms with Crippen LogP contribution in [0.3, 0.4) is 0 Å². The highest BCUT2D eigenvalue weighted by Gasteiger charge is 2.11. The monoisotopic (exact) mass is 336 g/mol. The number of benzene rings is 2. The summed E-state index contributed by atoms with van der Waals surface area (Å²) in [7, 11) is 0. The highest BCUT2D eigenvalue weighted by molar-refractivity contribution is 6.03. The Morgan fingerprint density at radius 3 is 2.44 bits per heavy atom. The molecular formula is C19H17FN4O. The van der Waals surface area contributed by atoms with Crippen molar-refractivity contribution in [1.29, 1.82) is 0 Å². The number of hydrogen-bond acceptors (Lipinski definition) is 4. The second-order valence-corrected chi connectivity index (χ2v) is 5.64. The first-order chi connectivity index (χ1) is 12.0. The summed E-state index contributed by atoms with van der Waals surface area (Å²) in [4.78, 5) is 20.9. The van der Waals surface area contributed by atoms with E-state index in [9.17, 15) is 9.18 Å². The molecule has 0 aliphatic carbocycles. The molecular weight excluding hydrogens is 319 g/mol. The highest BCUT2D eigenvalue weighted by atomic mass is 19.1. The molecule has 0 saturated carbocycles. The summed E-state index contributed by atoms with van der Waals surface area (Å²) < 4.78 is 13.0. The van der Waals surface area contributed by atoms with Crippen molar-refractivity contribution in [3.05, 3.63) is 77.5 Å². The van der Waals surface area contributed by atoms with Crippen molar-refractivity contribution in [2.45, 2.75) is 13.8 Å². The van der Waals surface area contributed by atoms with Crippen LogP contribution in [0.25, 0.3) is 0 Å². The van der Waals surface area contributed by atoms with Crippen LogP contribution in [0.15, 0.2) is 54.6 Å². The van der Waals surface area contributed by atoms with Gasteiger partial charge in [0.2, 0.25) is 0 Å². The van der Waals surface area contributed by atoms with E-state index in [4.69, 9.17) is 0 Å². The van der Waals surface area contributed by atoms with Crippen molar-refractivity contribution >= 4 is 23.1 Å². The summed E-state index contributed by atoms with van der Waals surface area (Å²) in [6.45, 7) is 3.66. The number of nitrogens with one attached hydrogen (secondary N) is 2. The molecule has 3 rings (SSSR count). The van der Waals surface area contributed by atoms with E-state index in [1.54, 1.807) is 25.1 Å². The molecule has 3 aromatic rings. The van der Waals surface area contributed by atoms with Gasteiger partial charge in [-0.2, -0.15) is 0 Å². The zero-order valence-electron chi connectivity index (χ0n) is 13.9. The largest absolute Gasteiger partial charge is 0.340 e.